The molecule has 1 N–H and O–H groups in total. The number of amides is 1. The van der Waals surface area contributed by atoms with Crippen LogP contribution < -0.4 is 11.0 Å². The Hall–Kier alpha value is -4.53. The van der Waals surface area contributed by atoms with E-state index in [4.69, 9.17) is 4.74 Å². The number of carbonyl (C=O) groups is 2. The number of fused-ring (bicyclic) bond motifs is 1. The standard InChI is InChI=1S/C26H25N5O4/c1-5-35-26(34)18-10-12-20(13-11-18)31-16(2)14-19(17(31)3)15-27-28-24(32)23-21-8-6-7-9-22(21)25(33)30(4)29-23/h6-15H,5H2,1-4H3,(H,28,32)/b27-15+. The maximum Gasteiger partial charge on any atom is 0.338 e. The van der Waals surface area contributed by atoms with Gasteiger partial charge in [0, 0.05) is 35.1 Å². The molecule has 0 bridgehead atoms. The summed E-state index contributed by atoms with van der Waals surface area (Å²) >= 11 is 0. The second-order valence-corrected chi connectivity index (χ2v) is 7.95. The number of rotatable bonds is 6. The van der Waals surface area contributed by atoms with Crippen LogP contribution in [0, 0.1) is 13.8 Å². The fraction of sp³-hybridized carbons (Fsp3) is 0.192. The van der Waals surface area contributed by atoms with Crippen molar-refractivity contribution >= 4 is 28.9 Å². The Morgan fingerprint density at radius 1 is 1.09 bits per heavy atom. The molecule has 2 heterocycles. The van der Waals surface area contributed by atoms with Crippen LogP contribution in [0.3, 0.4) is 0 Å². The summed E-state index contributed by atoms with van der Waals surface area (Å²) in [5.74, 6) is -0.874. The van der Waals surface area contributed by atoms with Crippen molar-refractivity contribution in [2.45, 2.75) is 20.8 Å². The van der Waals surface area contributed by atoms with E-state index in [1.54, 1.807) is 49.5 Å². The zero-order valence-corrected chi connectivity index (χ0v) is 19.9. The minimum Gasteiger partial charge on any atom is -0.462 e. The van der Waals surface area contributed by atoms with Gasteiger partial charge >= 0.3 is 5.97 Å². The van der Waals surface area contributed by atoms with Crippen LogP contribution in [0.2, 0.25) is 0 Å². The van der Waals surface area contributed by atoms with Gasteiger partial charge in [-0.3, -0.25) is 9.59 Å². The average molecular weight is 472 g/mol. The highest BCUT2D eigenvalue weighted by atomic mass is 16.5. The number of nitrogens with one attached hydrogen (secondary N) is 1. The van der Waals surface area contributed by atoms with E-state index < -0.39 is 5.91 Å². The monoisotopic (exact) mass is 471 g/mol. The summed E-state index contributed by atoms with van der Waals surface area (Å²) in [5.41, 5.74) is 6.41. The Labute approximate surface area is 201 Å². The van der Waals surface area contributed by atoms with Gasteiger partial charge in [-0.25, -0.2) is 14.9 Å². The summed E-state index contributed by atoms with van der Waals surface area (Å²) < 4.78 is 8.21. The third-order valence-electron chi connectivity index (χ3n) is 5.65. The summed E-state index contributed by atoms with van der Waals surface area (Å²) in [6.07, 6.45) is 1.56. The second kappa shape index (κ2) is 9.76. The molecule has 4 rings (SSSR count). The van der Waals surface area contributed by atoms with Crippen LogP contribution in [0.4, 0.5) is 0 Å². The van der Waals surface area contributed by atoms with Crippen LogP contribution >= 0.6 is 0 Å². The first kappa shape index (κ1) is 23.6. The lowest BCUT2D eigenvalue weighted by atomic mass is 10.1. The molecule has 4 aromatic rings. The number of aromatic nitrogens is 3. The summed E-state index contributed by atoms with van der Waals surface area (Å²) in [4.78, 5) is 37.0. The lowest BCUT2D eigenvalue weighted by molar-refractivity contribution is 0.0526. The molecule has 0 atom stereocenters. The van der Waals surface area contributed by atoms with E-state index in [1.807, 2.05) is 36.6 Å². The lowest BCUT2D eigenvalue weighted by Crippen LogP contribution is -2.27. The Bertz CT molecular complexity index is 1510. The molecule has 9 heteroatoms. The maximum atomic E-state index is 12.8. The molecule has 2 aromatic heterocycles. The van der Waals surface area contributed by atoms with E-state index >= 15 is 0 Å². The molecule has 0 saturated carbocycles. The van der Waals surface area contributed by atoms with Crippen LogP contribution in [-0.4, -0.2) is 39.0 Å². The van der Waals surface area contributed by atoms with Crippen LogP contribution in [-0.2, 0) is 11.8 Å². The number of benzene rings is 2. The number of aryl methyl sites for hydroxylation is 2. The molecule has 0 aliphatic rings. The van der Waals surface area contributed by atoms with Gasteiger partial charge in [0.05, 0.1) is 23.8 Å². The van der Waals surface area contributed by atoms with Crippen molar-refractivity contribution in [3.8, 4) is 5.69 Å². The minimum absolute atomic E-state index is 0.118. The van der Waals surface area contributed by atoms with E-state index in [1.165, 1.54) is 7.05 Å². The fourth-order valence-electron chi connectivity index (χ4n) is 3.96. The van der Waals surface area contributed by atoms with Crippen molar-refractivity contribution in [3.63, 3.8) is 0 Å². The smallest absolute Gasteiger partial charge is 0.338 e. The molecule has 2 aromatic carbocycles. The van der Waals surface area contributed by atoms with Crippen molar-refractivity contribution in [3.05, 3.63) is 93.2 Å². The predicted octanol–water partition coefficient (Wildman–Crippen LogP) is 3.28. The second-order valence-electron chi connectivity index (χ2n) is 7.95. The topological polar surface area (TPSA) is 108 Å². The van der Waals surface area contributed by atoms with Crippen molar-refractivity contribution < 1.29 is 14.3 Å². The highest BCUT2D eigenvalue weighted by molar-refractivity contribution is 6.05. The number of carbonyl (C=O) groups excluding carboxylic acids is 2. The van der Waals surface area contributed by atoms with E-state index in [9.17, 15) is 14.4 Å². The minimum atomic E-state index is -0.517. The van der Waals surface area contributed by atoms with Gasteiger partial charge < -0.3 is 9.30 Å². The van der Waals surface area contributed by atoms with Crippen molar-refractivity contribution in [2.75, 3.05) is 6.61 Å². The molecule has 9 nitrogen and oxygen atoms in total. The molecular weight excluding hydrogens is 446 g/mol. The van der Waals surface area contributed by atoms with Gasteiger partial charge in [0.2, 0.25) is 0 Å². The molecule has 0 unspecified atom stereocenters. The summed E-state index contributed by atoms with van der Waals surface area (Å²) in [6, 6.07) is 15.9. The first-order valence-electron chi connectivity index (χ1n) is 11.1. The molecule has 178 valence electrons. The Kier molecular flexibility index (Phi) is 6.59. The Balaban J connectivity index is 1.56. The quantitative estimate of drug-likeness (QED) is 0.264. The third-order valence-corrected chi connectivity index (χ3v) is 5.65. The number of hydrogen-bond acceptors (Lipinski definition) is 6. The molecule has 0 radical (unpaired) electrons. The van der Waals surface area contributed by atoms with Gasteiger partial charge in [-0.1, -0.05) is 18.2 Å². The molecular formula is C26H25N5O4. The molecule has 0 spiro atoms. The van der Waals surface area contributed by atoms with E-state index in [-0.39, 0.29) is 17.2 Å². The Morgan fingerprint density at radius 3 is 2.46 bits per heavy atom. The zero-order valence-electron chi connectivity index (χ0n) is 19.9. The fourth-order valence-corrected chi connectivity index (χ4v) is 3.96. The van der Waals surface area contributed by atoms with Gasteiger partial charge in [0.15, 0.2) is 5.69 Å². The number of nitrogens with zero attached hydrogens (tertiary/aromatic N) is 4. The van der Waals surface area contributed by atoms with Gasteiger partial charge in [-0.2, -0.15) is 10.2 Å². The van der Waals surface area contributed by atoms with Crippen molar-refractivity contribution in [2.24, 2.45) is 12.1 Å². The van der Waals surface area contributed by atoms with Crippen LogP contribution in [0.15, 0.2) is 64.5 Å². The highest BCUT2D eigenvalue weighted by Gasteiger charge is 2.15. The van der Waals surface area contributed by atoms with Gasteiger partial charge in [-0.15, -0.1) is 0 Å². The number of esters is 1. The molecule has 1 amide bonds. The highest BCUT2D eigenvalue weighted by Crippen LogP contribution is 2.20. The number of hydrazone groups is 1. The summed E-state index contributed by atoms with van der Waals surface area (Å²) in [7, 11) is 1.50. The van der Waals surface area contributed by atoms with Gasteiger partial charge in [-0.05, 0) is 57.2 Å². The largest absolute Gasteiger partial charge is 0.462 e. The first-order chi connectivity index (χ1) is 16.8. The van der Waals surface area contributed by atoms with Crippen LogP contribution in [0.1, 0.15) is 44.7 Å². The molecule has 0 saturated heterocycles. The first-order valence-corrected chi connectivity index (χ1v) is 11.1. The van der Waals surface area contributed by atoms with E-state index in [0.29, 0.717) is 22.9 Å². The van der Waals surface area contributed by atoms with Crippen molar-refractivity contribution in [1.29, 1.82) is 0 Å². The maximum absolute atomic E-state index is 12.8. The Morgan fingerprint density at radius 2 is 1.77 bits per heavy atom. The zero-order chi connectivity index (χ0) is 25.1. The summed E-state index contributed by atoms with van der Waals surface area (Å²) in [6.45, 7) is 6.00. The van der Waals surface area contributed by atoms with Crippen LogP contribution in [0.25, 0.3) is 16.5 Å². The molecule has 0 aliphatic heterocycles. The molecule has 0 fully saturated rings. The average Bonchev–Trinajstić information content (AvgIpc) is 3.14. The number of hydrogen-bond donors (Lipinski definition) is 1. The summed E-state index contributed by atoms with van der Waals surface area (Å²) in [5, 5.41) is 9.11. The lowest BCUT2D eigenvalue weighted by Gasteiger charge is -2.10. The van der Waals surface area contributed by atoms with E-state index in [2.05, 4.69) is 15.6 Å². The van der Waals surface area contributed by atoms with E-state index in [0.717, 1.165) is 27.3 Å². The molecule has 35 heavy (non-hydrogen) atoms. The van der Waals surface area contributed by atoms with Gasteiger partial charge in [0.25, 0.3) is 11.5 Å². The normalized spacial score (nSPS) is 11.2. The van der Waals surface area contributed by atoms with Gasteiger partial charge in [0.1, 0.15) is 0 Å². The molecule has 0 aliphatic carbocycles. The SMILES string of the molecule is CCOC(=O)c1ccc(-n2c(C)cc(/C=N/NC(=O)c3nn(C)c(=O)c4ccccc34)c2C)cc1. The van der Waals surface area contributed by atoms with Crippen molar-refractivity contribution in [1.82, 2.24) is 19.8 Å². The number of ether oxygens (including phenoxy) is 1. The van der Waals surface area contributed by atoms with Crippen LogP contribution in [0.5, 0.6) is 0 Å². The predicted molar refractivity (Wildman–Crippen MR) is 133 cm³/mol. The third kappa shape index (κ3) is 4.61.